The molecule has 0 atom stereocenters. The molecule has 0 amide bonds. The molecule has 64 valence electrons. The van der Waals surface area contributed by atoms with Crippen LogP contribution in [-0.2, 0) is 13.0 Å². The molecule has 0 fully saturated rings. The smallest absolute Gasteiger partial charge is 0.171 e. The van der Waals surface area contributed by atoms with Crippen molar-refractivity contribution >= 4 is 17.9 Å². The molecule has 0 saturated heterocycles. The Morgan fingerprint density at radius 2 is 2.33 bits per heavy atom. The Morgan fingerprint density at radius 1 is 1.50 bits per heavy atom. The summed E-state index contributed by atoms with van der Waals surface area (Å²) in [7, 11) is 0. The summed E-state index contributed by atoms with van der Waals surface area (Å²) in [6, 6.07) is 0. The maximum atomic E-state index is 10.5. The molecule has 0 aromatic carbocycles. The number of nitrogens with zero attached hydrogens (tertiary/aromatic N) is 2. The number of hydrogen-bond donors (Lipinski definition) is 0. The summed E-state index contributed by atoms with van der Waals surface area (Å²) in [4.78, 5) is 10.5. The molecule has 0 aliphatic carbocycles. The molecule has 2 heterocycles. The van der Waals surface area contributed by atoms with Crippen molar-refractivity contribution in [2.75, 3.05) is 0 Å². The summed E-state index contributed by atoms with van der Waals surface area (Å²) in [6.45, 7) is 0.892. The summed E-state index contributed by atoms with van der Waals surface area (Å²) in [5.41, 5.74) is 1.40. The van der Waals surface area contributed by atoms with E-state index in [9.17, 15) is 4.79 Å². The number of halogens is 1. The van der Waals surface area contributed by atoms with Gasteiger partial charge in [0.15, 0.2) is 6.29 Å². The van der Waals surface area contributed by atoms with Gasteiger partial charge in [-0.25, -0.2) is 0 Å². The van der Waals surface area contributed by atoms with Gasteiger partial charge in [-0.15, -0.1) is 0 Å². The molecule has 0 radical (unpaired) electrons. The molecular formula is C8H9ClN2O. The molecule has 2 rings (SSSR count). The Hall–Kier alpha value is -0.830. The lowest BCUT2D eigenvalue weighted by Crippen LogP contribution is -2.10. The lowest BCUT2D eigenvalue weighted by molar-refractivity contribution is 0.111. The van der Waals surface area contributed by atoms with Crippen molar-refractivity contribution < 1.29 is 4.79 Å². The van der Waals surface area contributed by atoms with Crippen molar-refractivity contribution in [3.63, 3.8) is 0 Å². The largest absolute Gasteiger partial charge is 0.296 e. The van der Waals surface area contributed by atoms with Crippen LogP contribution in [0.2, 0.25) is 5.02 Å². The highest BCUT2D eigenvalue weighted by atomic mass is 35.5. The molecule has 0 bridgehead atoms. The van der Waals surface area contributed by atoms with Crippen molar-refractivity contribution in [2.45, 2.75) is 25.8 Å². The summed E-state index contributed by atoms with van der Waals surface area (Å²) >= 11 is 5.93. The normalized spacial score (nSPS) is 15.8. The van der Waals surface area contributed by atoms with Crippen LogP contribution in [0.3, 0.4) is 0 Å². The molecular weight excluding hydrogens is 176 g/mol. The number of aldehydes is 1. The highest BCUT2D eigenvalue weighted by molar-refractivity contribution is 6.33. The molecule has 12 heavy (non-hydrogen) atoms. The van der Waals surface area contributed by atoms with E-state index in [0.717, 1.165) is 31.5 Å². The Bertz CT molecular complexity index is 319. The highest BCUT2D eigenvalue weighted by Crippen LogP contribution is 2.24. The highest BCUT2D eigenvalue weighted by Gasteiger charge is 2.17. The van der Waals surface area contributed by atoms with E-state index in [1.165, 1.54) is 0 Å². The number of rotatable bonds is 1. The van der Waals surface area contributed by atoms with E-state index in [0.29, 0.717) is 17.0 Å². The minimum absolute atomic E-state index is 0.383. The Kier molecular flexibility index (Phi) is 1.89. The van der Waals surface area contributed by atoms with Crippen LogP contribution in [0.5, 0.6) is 0 Å². The maximum Gasteiger partial charge on any atom is 0.171 e. The third kappa shape index (κ3) is 1.05. The Labute approximate surface area is 75.3 Å². The second-order valence-corrected chi connectivity index (χ2v) is 3.32. The van der Waals surface area contributed by atoms with Crippen LogP contribution >= 0.6 is 11.6 Å². The summed E-state index contributed by atoms with van der Waals surface area (Å²) in [6.07, 6.45) is 3.93. The van der Waals surface area contributed by atoms with Gasteiger partial charge >= 0.3 is 0 Å². The fourth-order valence-corrected chi connectivity index (χ4v) is 1.82. The van der Waals surface area contributed by atoms with Crippen LogP contribution in [0.15, 0.2) is 0 Å². The van der Waals surface area contributed by atoms with Crippen molar-refractivity contribution in [2.24, 2.45) is 0 Å². The van der Waals surface area contributed by atoms with Gasteiger partial charge in [0.25, 0.3) is 0 Å². The summed E-state index contributed by atoms with van der Waals surface area (Å²) in [5.74, 6) is 0. The number of aromatic nitrogens is 2. The molecule has 1 aromatic rings. The van der Waals surface area contributed by atoms with Gasteiger partial charge in [0.1, 0.15) is 5.69 Å². The van der Waals surface area contributed by atoms with Gasteiger partial charge in [0.2, 0.25) is 0 Å². The molecule has 0 N–H and O–H groups in total. The first-order valence-corrected chi connectivity index (χ1v) is 4.41. The van der Waals surface area contributed by atoms with Crippen molar-refractivity contribution in [3.8, 4) is 0 Å². The first kappa shape index (κ1) is 7.80. The van der Waals surface area contributed by atoms with Gasteiger partial charge in [-0.2, -0.15) is 5.10 Å². The monoisotopic (exact) mass is 184 g/mol. The van der Waals surface area contributed by atoms with Crippen LogP contribution in [-0.4, -0.2) is 16.1 Å². The number of aryl methyl sites for hydroxylation is 1. The lowest BCUT2D eigenvalue weighted by atomic mass is 10.1. The second-order valence-electron chi connectivity index (χ2n) is 2.94. The van der Waals surface area contributed by atoms with Crippen LogP contribution in [0.25, 0.3) is 0 Å². The second kappa shape index (κ2) is 2.90. The molecule has 0 unspecified atom stereocenters. The van der Waals surface area contributed by atoms with Crippen molar-refractivity contribution in [3.05, 3.63) is 16.4 Å². The summed E-state index contributed by atoms with van der Waals surface area (Å²) < 4.78 is 1.84. The van der Waals surface area contributed by atoms with Gasteiger partial charge in [0, 0.05) is 6.54 Å². The first-order chi connectivity index (χ1) is 5.83. The zero-order valence-corrected chi connectivity index (χ0v) is 7.34. The average molecular weight is 185 g/mol. The average Bonchev–Trinajstić information content (AvgIpc) is 2.44. The predicted octanol–water partition coefficient (Wildman–Crippen LogP) is 1.69. The molecule has 1 aliphatic rings. The Morgan fingerprint density at radius 3 is 3.00 bits per heavy atom. The van der Waals surface area contributed by atoms with E-state index < -0.39 is 0 Å². The fraction of sp³-hybridized carbons (Fsp3) is 0.500. The first-order valence-electron chi connectivity index (χ1n) is 4.03. The summed E-state index contributed by atoms with van der Waals surface area (Å²) in [5, 5.41) is 4.63. The van der Waals surface area contributed by atoms with E-state index in [4.69, 9.17) is 11.6 Å². The molecule has 1 aliphatic heterocycles. The number of hydrogen-bond acceptors (Lipinski definition) is 2. The van der Waals surface area contributed by atoms with Gasteiger partial charge in [-0.3, -0.25) is 9.48 Å². The number of carbonyl (C=O) groups excluding carboxylic acids is 1. The molecule has 4 heteroatoms. The lowest BCUT2D eigenvalue weighted by Gasteiger charge is -2.12. The third-order valence-electron chi connectivity index (χ3n) is 2.16. The van der Waals surface area contributed by atoms with E-state index in [-0.39, 0.29) is 0 Å². The molecule has 0 saturated carbocycles. The molecule has 3 nitrogen and oxygen atoms in total. The van der Waals surface area contributed by atoms with Crippen molar-refractivity contribution in [1.29, 1.82) is 0 Å². The topological polar surface area (TPSA) is 34.9 Å². The zero-order chi connectivity index (χ0) is 8.55. The van der Waals surface area contributed by atoms with Gasteiger partial charge in [-0.05, 0) is 19.3 Å². The number of fused-ring (bicyclic) bond motifs is 1. The van der Waals surface area contributed by atoms with E-state index in [1.54, 1.807) is 0 Å². The van der Waals surface area contributed by atoms with E-state index >= 15 is 0 Å². The minimum atomic E-state index is 0.383. The van der Waals surface area contributed by atoms with Crippen LogP contribution < -0.4 is 0 Å². The zero-order valence-electron chi connectivity index (χ0n) is 6.59. The SMILES string of the molecule is O=Cc1nn2c(c1Cl)CCCC2. The third-order valence-corrected chi connectivity index (χ3v) is 2.58. The maximum absolute atomic E-state index is 10.5. The predicted molar refractivity (Wildman–Crippen MR) is 45.6 cm³/mol. The molecule has 1 aromatic heterocycles. The van der Waals surface area contributed by atoms with Gasteiger partial charge < -0.3 is 0 Å². The number of carbonyl (C=O) groups is 1. The van der Waals surface area contributed by atoms with Gasteiger partial charge in [0.05, 0.1) is 10.7 Å². The minimum Gasteiger partial charge on any atom is -0.296 e. The van der Waals surface area contributed by atoms with Crippen LogP contribution in [0.1, 0.15) is 29.0 Å². The van der Waals surface area contributed by atoms with E-state index in [1.807, 2.05) is 4.68 Å². The van der Waals surface area contributed by atoms with Crippen molar-refractivity contribution in [1.82, 2.24) is 9.78 Å². The fourth-order valence-electron chi connectivity index (χ4n) is 1.55. The van der Waals surface area contributed by atoms with E-state index in [2.05, 4.69) is 5.10 Å². The van der Waals surface area contributed by atoms with Crippen LogP contribution in [0, 0.1) is 0 Å². The Balaban J connectivity index is 2.51. The quantitative estimate of drug-likeness (QED) is 0.623. The molecule has 0 spiro atoms. The van der Waals surface area contributed by atoms with Crippen LogP contribution in [0.4, 0.5) is 0 Å². The van der Waals surface area contributed by atoms with Gasteiger partial charge in [-0.1, -0.05) is 11.6 Å². The standard InChI is InChI=1S/C8H9ClN2O/c9-8-6(5-12)10-11-4-2-1-3-7(8)11/h5H,1-4H2.